The molecule has 2 heteroatoms. The molecule has 0 heterocycles. The second-order valence-corrected chi connectivity index (χ2v) is 1.83. The Morgan fingerprint density at radius 3 is 2.60 bits per heavy atom. The molecule has 0 amide bonds. The summed E-state index contributed by atoms with van der Waals surface area (Å²) in [4.78, 5) is 0. The van der Waals surface area contributed by atoms with E-state index in [1.807, 2.05) is 13.8 Å². The van der Waals surface area contributed by atoms with Gasteiger partial charge >= 0.3 is 5.95 Å². The minimum atomic E-state index is -0.271. The van der Waals surface area contributed by atoms with Crippen LogP contribution >= 0.6 is 0 Å². The predicted octanol–water partition coefficient (Wildman–Crippen LogP) is 2.61. The van der Waals surface area contributed by atoms with Crippen LogP contribution in [0.15, 0.2) is 24.4 Å². The first-order valence-electron chi connectivity index (χ1n) is 3.50. The van der Waals surface area contributed by atoms with Crippen molar-refractivity contribution in [1.29, 1.82) is 0 Å². The highest BCUT2D eigenvalue weighted by molar-refractivity contribution is 4.83. The third-order valence-electron chi connectivity index (χ3n) is 0.887. The SMILES string of the molecule is CCC=COC([O])=CCC. The standard InChI is InChI=1S/C8H13O2/c1-3-5-7-10-8(9)6-4-2/h5-7H,3-4H2,1-2H3. The Kier molecular flexibility index (Phi) is 5.63. The van der Waals surface area contributed by atoms with Gasteiger partial charge in [-0.1, -0.05) is 13.8 Å². The molecule has 0 unspecified atom stereocenters. The van der Waals surface area contributed by atoms with E-state index in [-0.39, 0.29) is 5.95 Å². The quantitative estimate of drug-likeness (QED) is 0.553. The van der Waals surface area contributed by atoms with Crippen LogP contribution in [-0.4, -0.2) is 0 Å². The molecule has 10 heavy (non-hydrogen) atoms. The van der Waals surface area contributed by atoms with Crippen molar-refractivity contribution in [3.05, 3.63) is 24.4 Å². The normalized spacial score (nSPS) is 12.4. The molecule has 0 aliphatic rings. The zero-order valence-electron chi connectivity index (χ0n) is 6.46. The predicted molar refractivity (Wildman–Crippen MR) is 39.6 cm³/mol. The maximum Gasteiger partial charge on any atom is 0.331 e. The summed E-state index contributed by atoms with van der Waals surface area (Å²) in [5, 5.41) is 10.6. The van der Waals surface area contributed by atoms with Gasteiger partial charge in [0, 0.05) is 6.08 Å². The highest BCUT2D eigenvalue weighted by Crippen LogP contribution is 1.95. The van der Waals surface area contributed by atoms with Gasteiger partial charge in [-0.25, -0.2) is 5.11 Å². The lowest BCUT2D eigenvalue weighted by atomic mass is 10.5. The molecule has 0 rings (SSSR count). The fourth-order valence-corrected chi connectivity index (χ4v) is 0.426. The molecule has 2 nitrogen and oxygen atoms in total. The first kappa shape index (κ1) is 9.08. The molecule has 0 aromatic rings. The maximum absolute atomic E-state index is 10.6. The Balaban J connectivity index is 3.48. The molecule has 0 saturated carbocycles. The summed E-state index contributed by atoms with van der Waals surface area (Å²) in [6.07, 6.45) is 6.33. The van der Waals surface area contributed by atoms with E-state index in [1.54, 1.807) is 6.08 Å². The van der Waals surface area contributed by atoms with Crippen molar-refractivity contribution in [2.45, 2.75) is 26.7 Å². The summed E-state index contributed by atoms with van der Waals surface area (Å²) in [6, 6.07) is 0. The Morgan fingerprint density at radius 2 is 2.10 bits per heavy atom. The van der Waals surface area contributed by atoms with Gasteiger partial charge in [-0.05, 0) is 18.9 Å². The largest absolute Gasteiger partial charge is 0.432 e. The smallest absolute Gasteiger partial charge is 0.331 e. The van der Waals surface area contributed by atoms with Crippen LogP contribution in [0.2, 0.25) is 0 Å². The molecule has 0 spiro atoms. The van der Waals surface area contributed by atoms with Crippen molar-refractivity contribution in [2.75, 3.05) is 0 Å². The fourth-order valence-electron chi connectivity index (χ4n) is 0.426. The molecule has 0 saturated heterocycles. The Labute approximate surface area is 61.8 Å². The summed E-state index contributed by atoms with van der Waals surface area (Å²) in [5.74, 6) is -0.271. The zero-order chi connectivity index (χ0) is 7.82. The summed E-state index contributed by atoms with van der Waals surface area (Å²) in [7, 11) is 0. The van der Waals surface area contributed by atoms with Gasteiger partial charge in [-0.15, -0.1) is 0 Å². The first-order chi connectivity index (χ1) is 4.81. The molecular formula is C8H13O2. The molecular weight excluding hydrogens is 128 g/mol. The lowest BCUT2D eigenvalue weighted by molar-refractivity contribution is 0.110. The molecule has 0 atom stereocenters. The van der Waals surface area contributed by atoms with Crippen molar-refractivity contribution >= 4 is 0 Å². The number of hydrogen-bond acceptors (Lipinski definition) is 1. The van der Waals surface area contributed by atoms with Gasteiger partial charge in [0.1, 0.15) is 0 Å². The number of hydrogen-bond donors (Lipinski definition) is 0. The van der Waals surface area contributed by atoms with Crippen molar-refractivity contribution in [1.82, 2.24) is 0 Å². The molecule has 0 fully saturated rings. The van der Waals surface area contributed by atoms with Crippen molar-refractivity contribution in [3.8, 4) is 0 Å². The zero-order valence-corrected chi connectivity index (χ0v) is 6.46. The molecule has 0 aliphatic carbocycles. The Bertz CT molecular complexity index is 125. The summed E-state index contributed by atoms with van der Waals surface area (Å²) in [6.45, 7) is 3.87. The minimum absolute atomic E-state index is 0.271. The van der Waals surface area contributed by atoms with E-state index in [1.165, 1.54) is 12.3 Å². The first-order valence-corrected chi connectivity index (χ1v) is 3.50. The second-order valence-electron chi connectivity index (χ2n) is 1.83. The lowest BCUT2D eigenvalue weighted by Crippen LogP contribution is -1.79. The van der Waals surface area contributed by atoms with E-state index in [9.17, 15) is 5.11 Å². The molecule has 0 bridgehead atoms. The number of rotatable bonds is 4. The van der Waals surface area contributed by atoms with Crippen LogP contribution in [0, 0.1) is 0 Å². The van der Waals surface area contributed by atoms with E-state index in [2.05, 4.69) is 4.74 Å². The molecule has 1 radical (unpaired) electrons. The summed E-state index contributed by atoms with van der Waals surface area (Å²) in [5.41, 5.74) is 0. The van der Waals surface area contributed by atoms with Gasteiger partial charge < -0.3 is 4.74 Å². The average Bonchev–Trinajstić information content (AvgIpc) is 1.89. The Morgan fingerprint density at radius 1 is 1.40 bits per heavy atom. The van der Waals surface area contributed by atoms with Gasteiger partial charge in [-0.2, -0.15) is 0 Å². The van der Waals surface area contributed by atoms with Crippen molar-refractivity contribution < 1.29 is 9.84 Å². The van der Waals surface area contributed by atoms with Crippen LogP contribution in [0.5, 0.6) is 0 Å². The van der Waals surface area contributed by atoms with Gasteiger partial charge in [0.15, 0.2) is 0 Å². The topological polar surface area (TPSA) is 29.1 Å². The summed E-state index contributed by atoms with van der Waals surface area (Å²) >= 11 is 0. The molecule has 0 aliphatic heterocycles. The maximum atomic E-state index is 10.6. The average molecular weight is 141 g/mol. The van der Waals surface area contributed by atoms with Gasteiger partial charge in [0.2, 0.25) is 0 Å². The second kappa shape index (κ2) is 6.20. The van der Waals surface area contributed by atoms with Gasteiger partial charge in [0.25, 0.3) is 0 Å². The molecule has 0 aromatic carbocycles. The van der Waals surface area contributed by atoms with E-state index < -0.39 is 0 Å². The van der Waals surface area contributed by atoms with E-state index in [4.69, 9.17) is 0 Å². The van der Waals surface area contributed by atoms with E-state index in [0.717, 1.165) is 12.8 Å². The number of allylic oxidation sites excluding steroid dienone is 2. The minimum Gasteiger partial charge on any atom is -0.432 e. The molecule has 57 valence electrons. The fraction of sp³-hybridized carbons (Fsp3) is 0.500. The highest BCUT2D eigenvalue weighted by atomic mass is 16.6. The van der Waals surface area contributed by atoms with E-state index >= 15 is 0 Å². The third-order valence-corrected chi connectivity index (χ3v) is 0.887. The lowest BCUT2D eigenvalue weighted by Gasteiger charge is -1.91. The monoisotopic (exact) mass is 141 g/mol. The van der Waals surface area contributed by atoms with Crippen LogP contribution in [0.25, 0.3) is 0 Å². The van der Waals surface area contributed by atoms with E-state index in [0.29, 0.717) is 0 Å². The van der Waals surface area contributed by atoms with Crippen molar-refractivity contribution in [3.63, 3.8) is 0 Å². The molecule has 0 N–H and O–H groups in total. The van der Waals surface area contributed by atoms with Crippen LogP contribution in [0.3, 0.4) is 0 Å². The molecule has 0 aromatic heterocycles. The third kappa shape index (κ3) is 5.22. The summed E-state index contributed by atoms with van der Waals surface area (Å²) < 4.78 is 4.65. The van der Waals surface area contributed by atoms with Crippen LogP contribution in [0.1, 0.15) is 26.7 Å². The van der Waals surface area contributed by atoms with Gasteiger partial charge in [0.05, 0.1) is 6.26 Å². The highest BCUT2D eigenvalue weighted by Gasteiger charge is 1.88. The van der Waals surface area contributed by atoms with Crippen LogP contribution in [0.4, 0.5) is 0 Å². The van der Waals surface area contributed by atoms with Crippen LogP contribution in [-0.2, 0) is 9.84 Å². The number of ether oxygens (including phenoxy) is 1. The van der Waals surface area contributed by atoms with Crippen molar-refractivity contribution in [2.24, 2.45) is 0 Å². The van der Waals surface area contributed by atoms with Gasteiger partial charge in [-0.3, -0.25) is 0 Å². The Hall–Kier alpha value is -0.920. The van der Waals surface area contributed by atoms with Crippen LogP contribution < -0.4 is 0 Å².